The number of halogens is 4. The standard InChI is InChI=1S/C10H13F4N3O/c11-8(12)4-17-3-1-2-7(17)9(18)16-6-10(13,14)5-15/h1-3,8H,4-6,15H2,(H,16,18). The summed E-state index contributed by atoms with van der Waals surface area (Å²) < 4.78 is 51.0. The Bertz CT molecular complexity index is 406. The minimum atomic E-state index is -3.21. The van der Waals surface area contributed by atoms with Crippen LogP contribution in [0, 0.1) is 0 Å². The fourth-order valence-electron chi connectivity index (χ4n) is 1.30. The largest absolute Gasteiger partial charge is 0.345 e. The van der Waals surface area contributed by atoms with Crippen LogP contribution in [0.25, 0.3) is 0 Å². The van der Waals surface area contributed by atoms with Gasteiger partial charge in [-0.15, -0.1) is 0 Å². The summed E-state index contributed by atoms with van der Waals surface area (Å²) in [5.74, 6) is -4.05. The molecule has 0 bridgehead atoms. The number of carbonyl (C=O) groups is 1. The van der Waals surface area contributed by atoms with E-state index in [9.17, 15) is 22.4 Å². The lowest BCUT2D eigenvalue weighted by Gasteiger charge is -2.15. The van der Waals surface area contributed by atoms with Gasteiger partial charge in [-0.25, -0.2) is 17.6 Å². The topological polar surface area (TPSA) is 60.0 Å². The number of nitrogens with one attached hydrogen (secondary N) is 1. The number of alkyl halides is 4. The van der Waals surface area contributed by atoms with Crippen LogP contribution in [0.5, 0.6) is 0 Å². The van der Waals surface area contributed by atoms with Gasteiger partial charge in [-0.2, -0.15) is 0 Å². The molecular formula is C10H13F4N3O. The number of hydrogen-bond acceptors (Lipinski definition) is 2. The molecule has 0 aromatic carbocycles. The molecule has 0 saturated heterocycles. The minimum absolute atomic E-state index is 0.0943. The third-order valence-corrected chi connectivity index (χ3v) is 2.20. The molecule has 0 atom stereocenters. The number of nitrogens with zero attached hydrogens (tertiary/aromatic N) is 1. The van der Waals surface area contributed by atoms with Crippen molar-refractivity contribution in [3.05, 3.63) is 24.0 Å². The molecular weight excluding hydrogens is 254 g/mol. The molecule has 102 valence electrons. The molecule has 0 aliphatic carbocycles. The predicted octanol–water partition coefficient (Wildman–Crippen LogP) is 1.08. The van der Waals surface area contributed by atoms with Gasteiger partial charge < -0.3 is 15.6 Å². The molecule has 1 heterocycles. The maximum Gasteiger partial charge on any atom is 0.277 e. The molecule has 18 heavy (non-hydrogen) atoms. The van der Waals surface area contributed by atoms with E-state index in [-0.39, 0.29) is 5.69 Å². The van der Waals surface area contributed by atoms with E-state index in [2.05, 4.69) is 0 Å². The highest BCUT2D eigenvalue weighted by atomic mass is 19.3. The maximum absolute atomic E-state index is 12.8. The number of carbonyl (C=O) groups excluding carboxylic acids is 1. The van der Waals surface area contributed by atoms with Crippen LogP contribution in [0.4, 0.5) is 17.6 Å². The van der Waals surface area contributed by atoms with E-state index in [0.717, 1.165) is 4.57 Å². The zero-order chi connectivity index (χ0) is 13.8. The molecule has 1 aromatic heterocycles. The van der Waals surface area contributed by atoms with Crippen molar-refractivity contribution in [3.63, 3.8) is 0 Å². The fraction of sp³-hybridized carbons (Fsp3) is 0.500. The molecule has 3 N–H and O–H groups in total. The quantitative estimate of drug-likeness (QED) is 0.758. The monoisotopic (exact) mass is 267 g/mol. The van der Waals surface area contributed by atoms with Crippen LogP contribution < -0.4 is 11.1 Å². The van der Waals surface area contributed by atoms with Gasteiger partial charge >= 0.3 is 0 Å². The molecule has 0 aliphatic rings. The highest BCUT2D eigenvalue weighted by Crippen LogP contribution is 2.10. The summed E-state index contributed by atoms with van der Waals surface area (Å²) >= 11 is 0. The second-order valence-electron chi connectivity index (χ2n) is 3.68. The highest BCUT2D eigenvalue weighted by molar-refractivity contribution is 5.92. The maximum atomic E-state index is 12.8. The Labute approximate surface area is 101 Å². The van der Waals surface area contributed by atoms with Crippen LogP contribution in [0.15, 0.2) is 18.3 Å². The first-order valence-corrected chi connectivity index (χ1v) is 5.15. The third kappa shape index (κ3) is 4.02. The van der Waals surface area contributed by atoms with Crippen LogP contribution in [0.3, 0.4) is 0 Å². The summed E-state index contributed by atoms with van der Waals surface area (Å²) in [5.41, 5.74) is 4.71. The second-order valence-corrected chi connectivity index (χ2v) is 3.68. The number of rotatable bonds is 6. The Morgan fingerprint density at radius 2 is 2.17 bits per heavy atom. The van der Waals surface area contributed by atoms with E-state index >= 15 is 0 Å². The van der Waals surface area contributed by atoms with Gasteiger partial charge in [0.25, 0.3) is 18.3 Å². The predicted molar refractivity (Wildman–Crippen MR) is 56.8 cm³/mol. The van der Waals surface area contributed by atoms with Gasteiger partial charge in [0.05, 0.1) is 19.6 Å². The molecule has 0 unspecified atom stereocenters. The highest BCUT2D eigenvalue weighted by Gasteiger charge is 2.27. The molecule has 1 aromatic rings. The van der Waals surface area contributed by atoms with Crippen LogP contribution in [-0.2, 0) is 6.54 Å². The number of aromatic nitrogens is 1. The molecule has 0 fully saturated rings. The Morgan fingerprint density at radius 1 is 1.50 bits per heavy atom. The van der Waals surface area contributed by atoms with Crippen molar-refractivity contribution in [1.82, 2.24) is 9.88 Å². The summed E-state index contributed by atoms with van der Waals surface area (Å²) in [5, 5.41) is 1.96. The molecule has 0 aliphatic heterocycles. The minimum Gasteiger partial charge on any atom is -0.345 e. The van der Waals surface area contributed by atoms with Crippen molar-refractivity contribution in [2.75, 3.05) is 13.1 Å². The van der Waals surface area contributed by atoms with E-state index < -0.39 is 37.9 Å². The lowest BCUT2D eigenvalue weighted by Crippen LogP contribution is -2.42. The van der Waals surface area contributed by atoms with Gasteiger partial charge in [0, 0.05) is 6.20 Å². The van der Waals surface area contributed by atoms with Crippen molar-refractivity contribution in [3.8, 4) is 0 Å². The molecule has 0 saturated carbocycles. The smallest absolute Gasteiger partial charge is 0.277 e. The Balaban J connectivity index is 2.65. The molecule has 4 nitrogen and oxygen atoms in total. The van der Waals surface area contributed by atoms with E-state index in [1.807, 2.05) is 5.32 Å². The van der Waals surface area contributed by atoms with Gasteiger partial charge in [-0.05, 0) is 12.1 Å². The Morgan fingerprint density at radius 3 is 2.72 bits per heavy atom. The molecule has 8 heteroatoms. The van der Waals surface area contributed by atoms with Crippen molar-refractivity contribution in [1.29, 1.82) is 0 Å². The van der Waals surface area contributed by atoms with Crippen molar-refractivity contribution >= 4 is 5.91 Å². The van der Waals surface area contributed by atoms with Crippen LogP contribution in [0.2, 0.25) is 0 Å². The van der Waals surface area contributed by atoms with E-state index in [4.69, 9.17) is 5.73 Å². The zero-order valence-electron chi connectivity index (χ0n) is 9.38. The zero-order valence-corrected chi connectivity index (χ0v) is 9.38. The Kier molecular flexibility index (Phi) is 4.71. The first kappa shape index (κ1) is 14.5. The van der Waals surface area contributed by atoms with Gasteiger partial charge in [-0.1, -0.05) is 0 Å². The lowest BCUT2D eigenvalue weighted by molar-refractivity contribution is 0.0117. The normalized spacial score (nSPS) is 11.9. The van der Waals surface area contributed by atoms with Crippen LogP contribution in [-0.4, -0.2) is 35.9 Å². The van der Waals surface area contributed by atoms with Gasteiger partial charge in [0.15, 0.2) is 0 Å². The first-order valence-electron chi connectivity index (χ1n) is 5.15. The summed E-state index contributed by atoms with van der Waals surface area (Å²) in [6.45, 7) is -2.49. The Hall–Kier alpha value is -1.57. The van der Waals surface area contributed by atoms with Crippen LogP contribution >= 0.6 is 0 Å². The lowest BCUT2D eigenvalue weighted by atomic mass is 10.3. The van der Waals surface area contributed by atoms with Crippen LogP contribution in [0.1, 0.15) is 10.5 Å². The van der Waals surface area contributed by atoms with Crippen molar-refractivity contribution < 1.29 is 22.4 Å². The van der Waals surface area contributed by atoms with Gasteiger partial charge in [0.1, 0.15) is 5.69 Å². The number of amides is 1. The van der Waals surface area contributed by atoms with Gasteiger partial charge in [0.2, 0.25) is 0 Å². The third-order valence-electron chi connectivity index (χ3n) is 2.20. The summed E-state index contributed by atoms with van der Waals surface area (Å²) in [6, 6.07) is 2.66. The van der Waals surface area contributed by atoms with Crippen molar-refractivity contribution in [2.24, 2.45) is 5.73 Å². The summed E-state index contributed by atoms with van der Waals surface area (Å²) in [7, 11) is 0. The van der Waals surface area contributed by atoms with E-state index in [1.54, 1.807) is 0 Å². The molecule has 1 rings (SSSR count). The fourth-order valence-corrected chi connectivity index (χ4v) is 1.30. The summed E-state index contributed by atoms with van der Waals surface area (Å²) in [6.07, 6.45) is -1.35. The number of nitrogens with two attached hydrogens (primary N) is 1. The average Bonchev–Trinajstić information content (AvgIpc) is 2.73. The number of hydrogen-bond donors (Lipinski definition) is 2. The first-order chi connectivity index (χ1) is 8.35. The van der Waals surface area contributed by atoms with Gasteiger partial charge in [-0.3, -0.25) is 4.79 Å². The molecule has 0 spiro atoms. The van der Waals surface area contributed by atoms with E-state index in [1.165, 1.54) is 18.3 Å². The molecule has 1 amide bonds. The SMILES string of the molecule is NCC(F)(F)CNC(=O)c1cccn1CC(F)F. The average molecular weight is 267 g/mol. The van der Waals surface area contributed by atoms with Crippen molar-refractivity contribution in [2.45, 2.75) is 18.9 Å². The summed E-state index contributed by atoms with van der Waals surface area (Å²) in [4.78, 5) is 11.5. The second kappa shape index (κ2) is 5.85. The molecule has 0 radical (unpaired) electrons. The van der Waals surface area contributed by atoms with E-state index in [0.29, 0.717) is 0 Å².